The number of thiophene rings is 1. The van der Waals surface area contributed by atoms with Crippen LogP contribution in [-0.2, 0) is 0 Å². The highest BCUT2D eigenvalue weighted by atomic mass is 79.9. The maximum atomic E-state index is 9.50. The van der Waals surface area contributed by atoms with Crippen LogP contribution in [0.5, 0.6) is 5.75 Å². The molecule has 3 N–H and O–H groups in total. The number of phenolic OH excluding ortho intramolecular Hbond substituents is 1. The van der Waals surface area contributed by atoms with E-state index in [4.69, 9.17) is 10.0 Å². The molecule has 0 spiro atoms. The molecule has 0 saturated carbocycles. The summed E-state index contributed by atoms with van der Waals surface area (Å²) in [6.45, 7) is 0. The summed E-state index contributed by atoms with van der Waals surface area (Å²) in [6.07, 6.45) is 0. The highest BCUT2D eigenvalue weighted by Gasteiger charge is 2.19. The van der Waals surface area contributed by atoms with Gasteiger partial charge in [-0.05, 0) is 33.4 Å². The molecule has 0 atom stereocenters. The molecule has 72 valence electrons. The number of rotatable bonds is 1. The molecular weight excluding hydrogens is 267 g/mol. The average Bonchev–Trinajstić information content (AvgIpc) is 2.59. The van der Waals surface area contributed by atoms with Crippen LogP contribution < -0.4 is 5.46 Å². The summed E-state index contributed by atoms with van der Waals surface area (Å²) >= 11 is 4.64. The van der Waals surface area contributed by atoms with Gasteiger partial charge in [-0.1, -0.05) is 0 Å². The maximum absolute atomic E-state index is 9.50. The van der Waals surface area contributed by atoms with Gasteiger partial charge >= 0.3 is 7.12 Å². The van der Waals surface area contributed by atoms with Crippen molar-refractivity contribution in [3.05, 3.63) is 22.0 Å². The average molecular weight is 273 g/mol. The lowest BCUT2D eigenvalue weighted by Gasteiger charge is -2.05. The van der Waals surface area contributed by atoms with Crippen molar-refractivity contribution < 1.29 is 15.2 Å². The number of benzene rings is 1. The van der Waals surface area contributed by atoms with Crippen molar-refractivity contribution in [2.24, 2.45) is 0 Å². The molecule has 0 aliphatic carbocycles. The molecule has 14 heavy (non-hydrogen) atoms. The van der Waals surface area contributed by atoms with Gasteiger partial charge in [0.15, 0.2) is 0 Å². The van der Waals surface area contributed by atoms with E-state index in [1.165, 1.54) is 17.4 Å². The van der Waals surface area contributed by atoms with Crippen LogP contribution in [-0.4, -0.2) is 22.3 Å². The topological polar surface area (TPSA) is 60.7 Å². The van der Waals surface area contributed by atoms with E-state index in [1.54, 1.807) is 0 Å². The van der Waals surface area contributed by atoms with Gasteiger partial charge in [0.2, 0.25) is 0 Å². The first-order valence-corrected chi connectivity index (χ1v) is 5.53. The molecule has 0 saturated heterocycles. The van der Waals surface area contributed by atoms with E-state index >= 15 is 0 Å². The van der Waals surface area contributed by atoms with Crippen molar-refractivity contribution in [3.63, 3.8) is 0 Å². The summed E-state index contributed by atoms with van der Waals surface area (Å²) in [5.74, 6) is 0.0130. The van der Waals surface area contributed by atoms with E-state index < -0.39 is 7.12 Å². The highest BCUT2D eigenvalue weighted by Crippen LogP contribution is 2.33. The van der Waals surface area contributed by atoms with Crippen molar-refractivity contribution in [1.29, 1.82) is 0 Å². The summed E-state index contributed by atoms with van der Waals surface area (Å²) in [7, 11) is -1.56. The highest BCUT2D eigenvalue weighted by molar-refractivity contribution is 9.10. The zero-order valence-corrected chi connectivity index (χ0v) is 9.34. The van der Waals surface area contributed by atoms with Crippen LogP contribution >= 0.6 is 27.3 Å². The second kappa shape index (κ2) is 3.54. The molecule has 0 aliphatic heterocycles. The Kier molecular flexibility index (Phi) is 2.53. The molecular formula is C8H6BBrO3S. The summed E-state index contributed by atoms with van der Waals surface area (Å²) in [4.78, 5) is 0. The van der Waals surface area contributed by atoms with Crippen LogP contribution in [0.3, 0.4) is 0 Å². The zero-order valence-electron chi connectivity index (χ0n) is 6.94. The third-order valence-corrected chi connectivity index (χ3v) is 3.76. The summed E-state index contributed by atoms with van der Waals surface area (Å²) in [5.41, 5.74) is 0.329. The van der Waals surface area contributed by atoms with Crippen LogP contribution in [0.4, 0.5) is 0 Å². The molecule has 1 aromatic heterocycles. The Balaban J connectivity index is 2.84. The molecule has 2 rings (SSSR count). The molecule has 6 heteroatoms. The SMILES string of the molecule is OB(O)c1cc(O)c(Br)c2ccsc12. The minimum Gasteiger partial charge on any atom is -0.507 e. The van der Waals surface area contributed by atoms with Gasteiger partial charge in [0.1, 0.15) is 5.75 Å². The Hall–Kier alpha value is -0.555. The van der Waals surface area contributed by atoms with Crippen LogP contribution in [0.25, 0.3) is 10.1 Å². The van der Waals surface area contributed by atoms with Gasteiger partial charge in [-0.3, -0.25) is 0 Å². The summed E-state index contributed by atoms with van der Waals surface area (Å²) < 4.78 is 1.35. The molecule has 0 fully saturated rings. The largest absolute Gasteiger partial charge is 0.507 e. The van der Waals surface area contributed by atoms with E-state index in [-0.39, 0.29) is 5.75 Å². The fourth-order valence-electron chi connectivity index (χ4n) is 1.31. The number of aromatic hydroxyl groups is 1. The molecule has 1 aromatic carbocycles. The quantitative estimate of drug-likeness (QED) is 0.680. The van der Waals surface area contributed by atoms with E-state index in [9.17, 15) is 5.11 Å². The molecule has 0 bridgehead atoms. The number of fused-ring (bicyclic) bond motifs is 1. The maximum Gasteiger partial charge on any atom is 0.490 e. The first-order valence-electron chi connectivity index (χ1n) is 3.86. The van der Waals surface area contributed by atoms with E-state index in [1.807, 2.05) is 11.4 Å². The van der Waals surface area contributed by atoms with Gasteiger partial charge in [-0.15, -0.1) is 11.3 Å². The van der Waals surface area contributed by atoms with E-state index in [0.717, 1.165) is 10.1 Å². The minimum atomic E-state index is -1.56. The second-order valence-corrected chi connectivity index (χ2v) is 4.55. The fourth-order valence-corrected chi connectivity index (χ4v) is 2.83. The minimum absolute atomic E-state index is 0.0130. The molecule has 0 aliphatic rings. The predicted molar refractivity (Wildman–Crippen MR) is 61.0 cm³/mol. The third-order valence-electron chi connectivity index (χ3n) is 1.96. The fraction of sp³-hybridized carbons (Fsp3) is 0. The van der Waals surface area contributed by atoms with Gasteiger partial charge in [-0.25, -0.2) is 0 Å². The Bertz CT molecular complexity index is 483. The van der Waals surface area contributed by atoms with Gasteiger partial charge in [-0.2, -0.15) is 0 Å². The van der Waals surface area contributed by atoms with Crippen molar-refractivity contribution >= 4 is 49.9 Å². The zero-order chi connectivity index (χ0) is 10.3. The normalized spacial score (nSPS) is 10.8. The molecule has 0 amide bonds. The number of halogens is 1. The van der Waals surface area contributed by atoms with Gasteiger partial charge in [0.25, 0.3) is 0 Å². The first kappa shape index (κ1) is 9.98. The number of hydrogen-bond acceptors (Lipinski definition) is 4. The van der Waals surface area contributed by atoms with Gasteiger partial charge < -0.3 is 15.2 Å². The van der Waals surface area contributed by atoms with Crippen molar-refractivity contribution in [3.8, 4) is 5.75 Å². The lowest BCUT2D eigenvalue weighted by atomic mass is 9.80. The Labute approximate surface area is 92.9 Å². The smallest absolute Gasteiger partial charge is 0.490 e. The van der Waals surface area contributed by atoms with Crippen LogP contribution in [0, 0.1) is 0 Å². The lowest BCUT2D eigenvalue weighted by Crippen LogP contribution is -2.29. The molecule has 0 unspecified atom stereocenters. The van der Waals surface area contributed by atoms with E-state index in [2.05, 4.69) is 15.9 Å². The summed E-state index contributed by atoms with van der Waals surface area (Å²) in [5, 5.41) is 30.3. The van der Waals surface area contributed by atoms with Crippen molar-refractivity contribution in [2.45, 2.75) is 0 Å². The van der Waals surface area contributed by atoms with Crippen LogP contribution in [0.1, 0.15) is 0 Å². The molecule has 0 radical (unpaired) electrons. The third kappa shape index (κ3) is 1.44. The van der Waals surface area contributed by atoms with Crippen LogP contribution in [0.15, 0.2) is 22.0 Å². The van der Waals surface area contributed by atoms with Crippen molar-refractivity contribution in [1.82, 2.24) is 0 Å². The Morgan fingerprint density at radius 1 is 1.36 bits per heavy atom. The summed E-state index contributed by atoms with van der Waals surface area (Å²) in [6, 6.07) is 3.17. The standard InChI is InChI=1S/C8H6BBrO3S/c10-7-4-1-2-14-8(4)5(9(12)13)3-6(7)11/h1-3,11-13H. The van der Waals surface area contributed by atoms with Gasteiger partial charge in [0.05, 0.1) is 4.47 Å². The first-order chi connectivity index (χ1) is 6.61. The molecule has 3 nitrogen and oxygen atoms in total. The second-order valence-electron chi connectivity index (χ2n) is 2.84. The Morgan fingerprint density at radius 3 is 2.71 bits per heavy atom. The number of phenols is 1. The Morgan fingerprint density at radius 2 is 2.07 bits per heavy atom. The monoisotopic (exact) mass is 272 g/mol. The lowest BCUT2D eigenvalue weighted by molar-refractivity contribution is 0.425. The molecule has 2 aromatic rings. The number of hydrogen-bond donors (Lipinski definition) is 3. The van der Waals surface area contributed by atoms with Gasteiger partial charge in [0, 0.05) is 15.5 Å². The predicted octanol–water partition coefficient (Wildman–Crippen LogP) is 1.05. The van der Waals surface area contributed by atoms with Crippen molar-refractivity contribution in [2.75, 3.05) is 0 Å². The molecule has 1 heterocycles. The van der Waals surface area contributed by atoms with Crippen LogP contribution in [0.2, 0.25) is 0 Å². The van der Waals surface area contributed by atoms with E-state index in [0.29, 0.717) is 9.94 Å².